The van der Waals surface area contributed by atoms with Crippen LogP contribution in [-0.2, 0) is 0 Å². The first-order valence-electron chi connectivity index (χ1n) is 6.72. The molecule has 106 valence electrons. The number of hydrogen-bond acceptors (Lipinski definition) is 3. The van der Waals surface area contributed by atoms with Gasteiger partial charge in [-0.15, -0.1) is 0 Å². The van der Waals surface area contributed by atoms with Gasteiger partial charge < -0.3 is 15.5 Å². The van der Waals surface area contributed by atoms with E-state index in [1.54, 1.807) is 6.08 Å². The van der Waals surface area contributed by atoms with Gasteiger partial charge >= 0.3 is 0 Å². The number of guanidine groups is 1. The lowest BCUT2D eigenvalue weighted by Crippen LogP contribution is -2.44. The highest BCUT2D eigenvalue weighted by molar-refractivity contribution is 5.91. The normalized spacial score (nSPS) is 17.6. The van der Waals surface area contributed by atoms with Crippen molar-refractivity contribution < 1.29 is 0 Å². The minimum atomic E-state index is 0.234. The standard InChI is InChI=1S/C15H21N5/c1-3-8-17-15(16)18-13-4-6-14(7-5-13)20-11-9-19(2)10-12-20/h3-8H,1,9-12H2,2H3,(H2,16,18)/b17-8+. The number of nitrogens with zero attached hydrogens (tertiary/aromatic N) is 4. The van der Waals surface area contributed by atoms with Crippen LogP contribution >= 0.6 is 0 Å². The molecule has 5 nitrogen and oxygen atoms in total. The zero-order valence-electron chi connectivity index (χ0n) is 11.9. The Morgan fingerprint density at radius 3 is 2.45 bits per heavy atom. The van der Waals surface area contributed by atoms with Crippen LogP contribution in [0.5, 0.6) is 0 Å². The van der Waals surface area contributed by atoms with Crippen molar-refractivity contribution in [2.45, 2.75) is 0 Å². The van der Waals surface area contributed by atoms with E-state index in [4.69, 9.17) is 5.73 Å². The molecule has 1 aromatic carbocycles. The van der Waals surface area contributed by atoms with Gasteiger partial charge in [0.15, 0.2) is 0 Å². The van der Waals surface area contributed by atoms with E-state index < -0.39 is 0 Å². The number of anilines is 1. The number of benzene rings is 1. The summed E-state index contributed by atoms with van der Waals surface area (Å²) in [5, 5.41) is 0. The van der Waals surface area contributed by atoms with Crippen LogP contribution in [0.3, 0.4) is 0 Å². The second-order valence-electron chi connectivity index (χ2n) is 4.79. The van der Waals surface area contributed by atoms with E-state index in [2.05, 4.69) is 45.5 Å². The lowest BCUT2D eigenvalue weighted by Gasteiger charge is -2.34. The summed E-state index contributed by atoms with van der Waals surface area (Å²) in [6.07, 6.45) is 3.09. The van der Waals surface area contributed by atoms with Crippen molar-refractivity contribution in [2.75, 3.05) is 38.1 Å². The first-order chi connectivity index (χ1) is 9.69. The molecular formula is C15H21N5. The number of likely N-dealkylation sites (N-methyl/N-ethyl adjacent to an activating group) is 1. The first kappa shape index (κ1) is 14.3. The second-order valence-corrected chi connectivity index (χ2v) is 4.79. The van der Waals surface area contributed by atoms with Gasteiger partial charge in [-0.3, -0.25) is 0 Å². The van der Waals surface area contributed by atoms with Crippen molar-refractivity contribution in [1.82, 2.24) is 4.90 Å². The molecular weight excluding hydrogens is 250 g/mol. The zero-order valence-corrected chi connectivity index (χ0v) is 11.9. The van der Waals surface area contributed by atoms with Gasteiger partial charge in [0.05, 0.1) is 5.69 Å². The summed E-state index contributed by atoms with van der Waals surface area (Å²) >= 11 is 0. The third kappa shape index (κ3) is 3.93. The molecule has 0 amide bonds. The van der Waals surface area contributed by atoms with Crippen LogP contribution in [0, 0.1) is 0 Å². The van der Waals surface area contributed by atoms with E-state index in [0.29, 0.717) is 0 Å². The van der Waals surface area contributed by atoms with Gasteiger partial charge in [-0.2, -0.15) is 0 Å². The van der Waals surface area contributed by atoms with E-state index in [1.807, 2.05) is 12.1 Å². The predicted molar refractivity (Wildman–Crippen MR) is 86.1 cm³/mol. The molecule has 20 heavy (non-hydrogen) atoms. The van der Waals surface area contributed by atoms with Crippen molar-refractivity contribution in [3.05, 3.63) is 36.9 Å². The van der Waals surface area contributed by atoms with Crippen LogP contribution in [-0.4, -0.2) is 50.3 Å². The monoisotopic (exact) mass is 271 g/mol. The SMILES string of the molecule is C=C/C=N/C(N)=Nc1ccc(N2CCN(C)CC2)cc1. The summed E-state index contributed by atoms with van der Waals surface area (Å²) in [4.78, 5) is 12.9. The minimum Gasteiger partial charge on any atom is -0.369 e. The van der Waals surface area contributed by atoms with Gasteiger partial charge in [0.1, 0.15) is 0 Å². The maximum atomic E-state index is 5.68. The highest BCUT2D eigenvalue weighted by atomic mass is 15.2. The van der Waals surface area contributed by atoms with Gasteiger partial charge in [-0.05, 0) is 31.3 Å². The molecule has 0 bridgehead atoms. The molecule has 0 aliphatic carbocycles. The number of piperazine rings is 1. The third-order valence-electron chi connectivity index (χ3n) is 3.27. The van der Waals surface area contributed by atoms with E-state index in [-0.39, 0.29) is 5.96 Å². The topological polar surface area (TPSA) is 57.2 Å². The van der Waals surface area contributed by atoms with Gasteiger partial charge in [0, 0.05) is 38.1 Å². The average molecular weight is 271 g/mol. The van der Waals surface area contributed by atoms with E-state index in [0.717, 1.165) is 31.9 Å². The molecule has 1 aliphatic heterocycles. The predicted octanol–water partition coefficient (Wildman–Crippen LogP) is 1.64. The fourth-order valence-electron chi connectivity index (χ4n) is 2.09. The smallest absolute Gasteiger partial charge is 0.220 e. The molecule has 5 heteroatoms. The number of aliphatic imine (C=N–C) groups is 2. The lowest BCUT2D eigenvalue weighted by atomic mass is 10.2. The van der Waals surface area contributed by atoms with Crippen molar-refractivity contribution in [3.63, 3.8) is 0 Å². The molecule has 1 aliphatic rings. The molecule has 1 aromatic rings. The van der Waals surface area contributed by atoms with Crippen LogP contribution in [0.4, 0.5) is 11.4 Å². The summed E-state index contributed by atoms with van der Waals surface area (Å²) in [6, 6.07) is 8.08. The van der Waals surface area contributed by atoms with E-state index in [1.165, 1.54) is 11.9 Å². The van der Waals surface area contributed by atoms with Crippen LogP contribution in [0.15, 0.2) is 46.9 Å². The van der Waals surface area contributed by atoms with Crippen molar-refractivity contribution >= 4 is 23.5 Å². The Labute approximate surface area is 120 Å². The van der Waals surface area contributed by atoms with Crippen LogP contribution in [0.25, 0.3) is 0 Å². The summed E-state index contributed by atoms with van der Waals surface area (Å²) in [5.74, 6) is 0.234. The Bertz CT molecular complexity index is 496. The van der Waals surface area contributed by atoms with Crippen LogP contribution in [0.1, 0.15) is 0 Å². The highest BCUT2D eigenvalue weighted by Crippen LogP contribution is 2.20. The Kier molecular flexibility index (Phi) is 4.90. The Morgan fingerprint density at radius 1 is 1.20 bits per heavy atom. The molecule has 0 radical (unpaired) electrons. The largest absolute Gasteiger partial charge is 0.369 e. The van der Waals surface area contributed by atoms with E-state index >= 15 is 0 Å². The maximum absolute atomic E-state index is 5.68. The summed E-state index contributed by atoms with van der Waals surface area (Å²) in [7, 11) is 2.15. The Morgan fingerprint density at radius 2 is 1.85 bits per heavy atom. The third-order valence-corrected chi connectivity index (χ3v) is 3.27. The fraction of sp³-hybridized carbons (Fsp3) is 0.333. The molecule has 2 N–H and O–H groups in total. The van der Waals surface area contributed by atoms with Crippen LogP contribution in [0.2, 0.25) is 0 Å². The summed E-state index contributed by atoms with van der Waals surface area (Å²) in [6.45, 7) is 7.86. The molecule has 1 saturated heterocycles. The van der Waals surface area contributed by atoms with Crippen molar-refractivity contribution in [2.24, 2.45) is 15.7 Å². The number of nitrogens with two attached hydrogens (primary N) is 1. The summed E-state index contributed by atoms with van der Waals surface area (Å²) < 4.78 is 0. The maximum Gasteiger partial charge on any atom is 0.220 e. The zero-order chi connectivity index (χ0) is 14.4. The van der Waals surface area contributed by atoms with Gasteiger partial charge in [0.2, 0.25) is 5.96 Å². The molecule has 0 atom stereocenters. The first-order valence-corrected chi connectivity index (χ1v) is 6.72. The minimum absolute atomic E-state index is 0.234. The number of hydrogen-bond donors (Lipinski definition) is 1. The van der Waals surface area contributed by atoms with Crippen LogP contribution < -0.4 is 10.6 Å². The quantitative estimate of drug-likeness (QED) is 0.671. The van der Waals surface area contributed by atoms with Crippen molar-refractivity contribution in [3.8, 4) is 0 Å². The van der Waals surface area contributed by atoms with Gasteiger partial charge in [-0.1, -0.05) is 12.7 Å². The Balaban J connectivity index is 2.03. The summed E-state index contributed by atoms with van der Waals surface area (Å²) in [5.41, 5.74) is 7.71. The molecule has 0 saturated carbocycles. The highest BCUT2D eigenvalue weighted by Gasteiger charge is 2.13. The number of rotatable bonds is 3. The van der Waals surface area contributed by atoms with E-state index in [9.17, 15) is 0 Å². The Hall–Kier alpha value is -2.14. The number of allylic oxidation sites excluding steroid dienone is 1. The lowest BCUT2D eigenvalue weighted by molar-refractivity contribution is 0.313. The molecule has 1 fully saturated rings. The van der Waals surface area contributed by atoms with Gasteiger partial charge in [0.25, 0.3) is 0 Å². The second kappa shape index (κ2) is 6.86. The molecule has 0 spiro atoms. The van der Waals surface area contributed by atoms with Gasteiger partial charge in [-0.25, -0.2) is 9.98 Å². The van der Waals surface area contributed by atoms with Crippen molar-refractivity contribution in [1.29, 1.82) is 0 Å². The fourth-order valence-corrected chi connectivity index (χ4v) is 2.09. The molecule has 1 heterocycles. The molecule has 2 rings (SSSR count). The molecule has 0 aromatic heterocycles. The molecule has 0 unspecified atom stereocenters. The average Bonchev–Trinajstić information content (AvgIpc) is 2.47.